The van der Waals surface area contributed by atoms with Crippen LogP contribution in [0.1, 0.15) is 32.4 Å². The first-order valence-electron chi connectivity index (χ1n) is 6.06. The first kappa shape index (κ1) is 13.5. The van der Waals surface area contributed by atoms with Crippen molar-refractivity contribution in [1.29, 1.82) is 0 Å². The lowest BCUT2D eigenvalue weighted by molar-refractivity contribution is 0.252. The Morgan fingerprint density at radius 1 is 1.24 bits per heavy atom. The molecular weight excluding hydrogens is 214 g/mol. The van der Waals surface area contributed by atoms with E-state index in [1.54, 1.807) is 0 Å². The van der Waals surface area contributed by atoms with E-state index in [1.165, 1.54) is 0 Å². The molecule has 0 saturated heterocycles. The molecule has 94 valence electrons. The van der Waals surface area contributed by atoms with Gasteiger partial charge in [-0.05, 0) is 32.0 Å². The molecule has 0 fully saturated rings. The van der Waals surface area contributed by atoms with E-state index in [2.05, 4.69) is 29.8 Å². The van der Waals surface area contributed by atoms with Crippen LogP contribution in [0, 0.1) is 0 Å². The molecule has 0 bridgehead atoms. The molecule has 2 amide bonds. The van der Waals surface area contributed by atoms with Crippen LogP contribution in [-0.2, 0) is 0 Å². The van der Waals surface area contributed by atoms with Gasteiger partial charge in [-0.25, -0.2) is 4.79 Å². The third-order valence-electron chi connectivity index (χ3n) is 2.52. The minimum atomic E-state index is -0.163. The third-order valence-corrected chi connectivity index (χ3v) is 2.52. The van der Waals surface area contributed by atoms with Crippen molar-refractivity contribution in [2.75, 3.05) is 18.4 Å². The molecule has 1 rings (SSSR count). The number of hydrogen-bond acceptors (Lipinski definition) is 2. The van der Waals surface area contributed by atoms with Crippen molar-refractivity contribution in [3.05, 3.63) is 29.8 Å². The summed E-state index contributed by atoms with van der Waals surface area (Å²) in [4.78, 5) is 11.5. The lowest BCUT2D eigenvalue weighted by Crippen LogP contribution is -2.29. The van der Waals surface area contributed by atoms with Gasteiger partial charge in [-0.3, -0.25) is 0 Å². The van der Waals surface area contributed by atoms with Crippen molar-refractivity contribution >= 4 is 11.7 Å². The summed E-state index contributed by atoms with van der Waals surface area (Å²) in [5, 5.41) is 8.92. The summed E-state index contributed by atoms with van der Waals surface area (Å²) in [7, 11) is 0. The molecule has 3 N–H and O–H groups in total. The van der Waals surface area contributed by atoms with Gasteiger partial charge in [0, 0.05) is 18.3 Å². The van der Waals surface area contributed by atoms with Crippen LogP contribution in [0.4, 0.5) is 10.5 Å². The number of hydrogen-bond donors (Lipinski definition) is 3. The van der Waals surface area contributed by atoms with Crippen LogP contribution in [-0.4, -0.2) is 19.1 Å². The summed E-state index contributed by atoms with van der Waals surface area (Å²) in [6.07, 6.45) is 0. The Hall–Kier alpha value is -1.55. The summed E-state index contributed by atoms with van der Waals surface area (Å²) >= 11 is 0. The molecule has 1 aromatic carbocycles. The number of carbonyl (C=O) groups is 1. The highest BCUT2D eigenvalue weighted by molar-refractivity contribution is 5.90. The molecule has 1 unspecified atom stereocenters. The van der Waals surface area contributed by atoms with Crippen molar-refractivity contribution in [3.8, 4) is 0 Å². The van der Waals surface area contributed by atoms with Crippen LogP contribution in [0.15, 0.2) is 24.3 Å². The Kier molecular flexibility index (Phi) is 5.49. The summed E-state index contributed by atoms with van der Waals surface area (Å²) in [5.41, 5.74) is 1.95. The van der Waals surface area contributed by atoms with Gasteiger partial charge in [-0.15, -0.1) is 0 Å². The average Bonchev–Trinajstić information content (AvgIpc) is 2.30. The molecule has 0 aliphatic heterocycles. The highest BCUT2D eigenvalue weighted by atomic mass is 16.2. The van der Waals surface area contributed by atoms with E-state index in [1.807, 2.05) is 31.2 Å². The number of para-hydroxylation sites is 1. The lowest BCUT2D eigenvalue weighted by atomic mass is 10.1. The van der Waals surface area contributed by atoms with Crippen LogP contribution in [0.3, 0.4) is 0 Å². The maximum atomic E-state index is 11.5. The van der Waals surface area contributed by atoms with Crippen LogP contribution < -0.4 is 16.0 Å². The number of carbonyl (C=O) groups excluding carboxylic acids is 1. The second-order valence-corrected chi connectivity index (χ2v) is 3.85. The number of amides is 2. The van der Waals surface area contributed by atoms with E-state index in [4.69, 9.17) is 0 Å². The van der Waals surface area contributed by atoms with Crippen molar-refractivity contribution in [1.82, 2.24) is 10.6 Å². The summed E-state index contributed by atoms with van der Waals surface area (Å²) in [6, 6.07) is 7.89. The molecule has 4 heteroatoms. The maximum Gasteiger partial charge on any atom is 0.319 e. The van der Waals surface area contributed by atoms with E-state index in [0.29, 0.717) is 6.54 Å². The number of nitrogens with one attached hydrogen (secondary N) is 3. The molecular formula is C13H21N3O. The smallest absolute Gasteiger partial charge is 0.319 e. The zero-order chi connectivity index (χ0) is 12.7. The zero-order valence-electron chi connectivity index (χ0n) is 10.7. The van der Waals surface area contributed by atoms with Gasteiger partial charge in [-0.1, -0.05) is 25.1 Å². The van der Waals surface area contributed by atoms with Crippen molar-refractivity contribution < 1.29 is 4.79 Å². The van der Waals surface area contributed by atoms with Crippen molar-refractivity contribution in [2.45, 2.75) is 26.8 Å². The van der Waals surface area contributed by atoms with Gasteiger partial charge in [-0.2, -0.15) is 0 Å². The van der Waals surface area contributed by atoms with Crippen LogP contribution >= 0.6 is 0 Å². The fraction of sp³-hybridized carbons (Fsp3) is 0.462. The first-order chi connectivity index (χ1) is 8.19. The highest BCUT2D eigenvalue weighted by Crippen LogP contribution is 2.22. The van der Waals surface area contributed by atoms with Gasteiger partial charge in [0.15, 0.2) is 0 Å². The van der Waals surface area contributed by atoms with Gasteiger partial charge in [0.2, 0.25) is 0 Å². The highest BCUT2D eigenvalue weighted by Gasteiger charge is 2.10. The quantitative estimate of drug-likeness (QED) is 0.734. The van der Waals surface area contributed by atoms with Gasteiger partial charge in [0.1, 0.15) is 0 Å². The summed E-state index contributed by atoms with van der Waals surface area (Å²) < 4.78 is 0. The Bertz CT molecular complexity index is 365. The molecule has 0 aromatic heterocycles. The van der Waals surface area contributed by atoms with E-state index in [0.717, 1.165) is 17.8 Å². The number of anilines is 1. The predicted octanol–water partition coefficient (Wildman–Crippen LogP) is 2.50. The predicted molar refractivity (Wildman–Crippen MR) is 71.2 cm³/mol. The second-order valence-electron chi connectivity index (χ2n) is 3.85. The van der Waals surface area contributed by atoms with Crippen molar-refractivity contribution in [2.24, 2.45) is 0 Å². The summed E-state index contributed by atoms with van der Waals surface area (Å²) in [6.45, 7) is 7.57. The molecule has 4 nitrogen and oxygen atoms in total. The monoisotopic (exact) mass is 235 g/mol. The van der Waals surface area contributed by atoms with E-state index >= 15 is 0 Å². The van der Waals surface area contributed by atoms with Crippen LogP contribution in [0.2, 0.25) is 0 Å². The summed E-state index contributed by atoms with van der Waals surface area (Å²) in [5.74, 6) is 0. The second kappa shape index (κ2) is 6.91. The van der Waals surface area contributed by atoms with Gasteiger partial charge >= 0.3 is 6.03 Å². The molecule has 0 saturated carbocycles. The largest absolute Gasteiger partial charge is 0.338 e. The van der Waals surface area contributed by atoms with Gasteiger partial charge < -0.3 is 16.0 Å². The van der Waals surface area contributed by atoms with E-state index < -0.39 is 0 Å². The van der Waals surface area contributed by atoms with E-state index in [-0.39, 0.29) is 12.1 Å². The topological polar surface area (TPSA) is 53.2 Å². The van der Waals surface area contributed by atoms with Crippen LogP contribution in [0.5, 0.6) is 0 Å². The number of rotatable bonds is 5. The molecule has 0 radical (unpaired) electrons. The molecule has 1 aromatic rings. The average molecular weight is 235 g/mol. The molecule has 0 aliphatic carbocycles. The Labute approximate surface area is 103 Å². The zero-order valence-corrected chi connectivity index (χ0v) is 10.7. The van der Waals surface area contributed by atoms with Gasteiger partial charge in [0.25, 0.3) is 0 Å². The minimum Gasteiger partial charge on any atom is -0.338 e. The molecule has 0 spiro atoms. The normalized spacial score (nSPS) is 11.9. The Morgan fingerprint density at radius 2 is 1.94 bits per heavy atom. The third kappa shape index (κ3) is 4.07. The van der Waals surface area contributed by atoms with Crippen LogP contribution in [0.25, 0.3) is 0 Å². The first-order valence-corrected chi connectivity index (χ1v) is 6.06. The lowest BCUT2D eigenvalue weighted by Gasteiger charge is -2.17. The number of benzene rings is 1. The fourth-order valence-corrected chi connectivity index (χ4v) is 1.73. The molecule has 1 atom stereocenters. The molecule has 0 heterocycles. The Balaban J connectivity index is 2.80. The standard InChI is InChI=1S/C13H21N3O/c1-4-14-10(3)11-8-6-7-9-12(11)16-13(17)15-5-2/h6-10,14H,4-5H2,1-3H3,(H2,15,16,17). The van der Waals surface area contributed by atoms with Crippen molar-refractivity contribution in [3.63, 3.8) is 0 Å². The minimum absolute atomic E-state index is 0.163. The molecule has 17 heavy (non-hydrogen) atoms. The number of urea groups is 1. The fourth-order valence-electron chi connectivity index (χ4n) is 1.73. The van der Waals surface area contributed by atoms with E-state index in [9.17, 15) is 4.79 Å². The SMILES string of the molecule is CCNC(=O)Nc1ccccc1C(C)NCC. The maximum absolute atomic E-state index is 11.5. The Morgan fingerprint density at radius 3 is 2.59 bits per heavy atom. The van der Waals surface area contributed by atoms with Gasteiger partial charge in [0.05, 0.1) is 0 Å². The molecule has 0 aliphatic rings.